The van der Waals surface area contributed by atoms with Gasteiger partial charge in [0.15, 0.2) is 6.73 Å². The maximum atomic E-state index is 12.2. The highest BCUT2D eigenvalue weighted by Crippen LogP contribution is 2.20. The molecule has 0 heterocycles. The van der Waals surface area contributed by atoms with Crippen molar-refractivity contribution in [2.24, 2.45) is 0 Å². The molecule has 5 nitrogen and oxygen atoms in total. The molecule has 0 saturated heterocycles. The first-order chi connectivity index (χ1) is 11.5. The number of hydrogen-bond donors (Lipinski definition) is 1. The van der Waals surface area contributed by atoms with E-state index >= 15 is 0 Å². The Bertz CT molecular complexity index is 755. The summed E-state index contributed by atoms with van der Waals surface area (Å²) >= 11 is 0. The summed E-state index contributed by atoms with van der Waals surface area (Å²) in [5.41, 5.74) is 1.94. The molecule has 6 heteroatoms. The number of rotatable bonds is 8. The normalized spacial score (nSPS) is 11.2. The predicted octanol–water partition coefficient (Wildman–Crippen LogP) is 3.32. The number of nitrogens with one attached hydrogen (secondary N) is 1. The molecule has 0 aliphatic rings. The third-order valence-corrected chi connectivity index (χ3v) is 4.88. The van der Waals surface area contributed by atoms with Crippen LogP contribution >= 0.6 is 0 Å². The molecule has 0 unspecified atom stereocenters. The molecule has 0 atom stereocenters. The van der Waals surface area contributed by atoms with Crippen LogP contribution in [0.5, 0.6) is 0 Å². The van der Waals surface area contributed by atoms with Crippen LogP contribution in [0.3, 0.4) is 0 Å². The number of carbonyl (C=O) groups is 1. The lowest BCUT2D eigenvalue weighted by atomic mass is 10.1. The number of ether oxygens (including phenoxy) is 1. The first kappa shape index (κ1) is 18.2. The Balaban J connectivity index is 1.96. The van der Waals surface area contributed by atoms with Gasteiger partial charge in [0.25, 0.3) is 0 Å². The van der Waals surface area contributed by atoms with Gasteiger partial charge in [0.05, 0.1) is 4.90 Å². The van der Waals surface area contributed by atoms with Gasteiger partial charge in [0.1, 0.15) is 0 Å². The fraction of sp³-hybridized carbons (Fsp3) is 0.278. The van der Waals surface area contributed by atoms with E-state index in [0.717, 1.165) is 24.0 Å². The first-order valence-corrected chi connectivity index (χ1v) is 9.32. The molecule has 0 aliphatic carbocycles. The van der Waals surface area contributed by atoms with E-state index < -0.39 is 16.0 Å². The smallest absolute Gasteiger partial charge is 0.307 e. The SMILES string of the molecule is CCCCC(=O)OCNS(=O)(=O)c1ccc(-c2ccccc2)cc1. The molecule has 2 rings (SSSR count). The van der Waals surface area contributed by atoms with Gasteiger partial charge in [0, 0.05) is 6.42 Å². The van der Waals surface area contributed by atoms with Crippen LogP contribution < -0.4 is 4.72 Å². The average Bonchev–Trinajstić information content (AvgIpc) is 2.60. The van der Waals surface area contributed by atoms with Crippen LogP contribution in [0, 0.1) is 0 Å². The fourth-order valence-electron chi connectivity index (χ4n) is 2.12. The van der Waals surface area contributed by atoms with Gasteiger partial charge in [-0.05, 0) is 29.7 Å². The number of sulfonamides is 1. The van der Waals surface area contributed by atoms with Crippen molar-refractivity contribution in [1.29, 1.82) is 0 Å². The van der Waals surface area contributed by atoms with Crippen LogP contribution in [0.15, 0.2) is 59.5 Å². The van der Waals surface area contributed by atoms with Gasteiger partial charge in [-0.2, -0.15) is 4.72 Å². The van der Waals surface area contributed by atoms with Gasteiger partial charge in [-0.25, -0.2) is 8.42 Å². The van der Waals surface area contributed by atoms with Crippen molar-refractivity contribution >= 4 is 16.0 Å². The van der Waals surface area contributed by atoms with E-state index in [-0.39, 0.29) is 11.6 Å². The molecule has 0 saturated carbocycles. The zero-order chi connectivity index (χ0) is 17.4. The van der Waals surface area contributed by atoms with E-state index in [0.29, 0.717) is 6.42 Å². The fourth-order valence-corrected chi connectivity index (χ4v) is 3.00. The monoisotopic (exact) mass is 347 g/mol. The second kappa shape index (κ2) is 8.61. The minimum atomic E-state index is -3.70. The highest BCUT2D eigenvalue weighted by Gasteiger charge is 2.14. The zero-order valence-electron chi connectivity index (χ0n) is 13.6. The molecular formula is C18H21NO4S. The van der Waals surface area contributed by atoms with Gasteiger partial charge in [-0.15, -0.1) is 0 Å². The summed E-state index contributed by atoms with van der Waals surface area (Å²) in [6.45, 7) is 1.61. The Hall–Kier alpha value is -2.18. The van der Waals surface area contributed by atoms with Crippen LogP contribution in [0.2, 0.25) is 0 Å². The first-order valence-electron chi connectivity index (χ1n) is 7.83. The largest absolute Gasteiger partial charge is 0.449 e. The lowest BCUT2D eigenvalue weighted by Crippen LogP contribution is -2.27. The summed E-state index contributed by atoms with van der Waals surface area (Å²) in [4.78, 5) is 11.5. The Labute approximate surface area is 142 Å². The molecule has 2 aromatic carbocycles. The summed E-state index contributed by atoms with van der Waals surface area (Å²) in [6.07, 6.45) is 1.91. The summed E-state index contributed by atoms with van der Waals surface area (Å²) in [6, 6.07) is 16.2. The van der Waals surface area contributed by atoms with Crippen molar-refractivity contribution in [1.82, 2.24) is 4.72 Å². The quantitative estimate of drug-likeness (QED) is 0.587. The van der Waals surface area contributed by atoms with Crippen molar-refractivity contribution in [3.05, 3.63) is 54.6 Å². The van der Waals surface area contributed by atoms with Crippen molar-refractivity contribution in [2.45, 2.75) is 31.1 Å². The second-order valence-corrected chi connectivity index (χ2v) is 7.07. The van der Waals surface area contributed by atoms with Gasteiger partial charge >= 0.3 is 5.97 Å². The third-order valence-electron chi connectivity index (χ3n) is 3.49. The molecule has 0 bridgehead atoms. The standard InChI is InChI=1S/C18H21NO4S/c1-2-3-9-18(20)23-14-19-24(21,22)17-12-10-16(11-13-17)15-7-5-4-6-8-15/h4-8,10-13,19H,2-3,9,14H2,1H3. The molecule has 0 spiro atoms. The van der Waals surface area contributed by atoms with Gasteiger partial charge in [-0.3, -0.25) is 4.79 Å². The summed E-state index contributed by atoms with van der Waals surface area (Å²) in [5, 5.41) is 0. The summed E-state index contributed by atoms with van der Waals surface area (Å²) < 4.78 is 31.5. The van der Waals surface area contributed by atoms with Crippen LogP contribution in [-0.2, 0) is 19.6 Å². The Kier molecular flexibility index (Phi) is 6.52. The van der Waals surface area contributed by atoms with Crippen LogP contribution in [0.25, 0.3) is 11.1 Å². The topological polar surface area (TPSA) is 72.5 Å². The van der Waals surface area contributed by atoms with E-state index in [2.05, 4.69) is 4.72 Å². The van der Waals surface area contributed by atoms with E-state index in [1.807, 2.05) is 37.3 Å². The minimum absolute atomic E-state index is 0.131. The Morgan fingerprint density at radius 2 is 1.62 bits per heavy atom. The molecule has 0 aliphatic heterocycles. The third kappa shape index (κ3) is 5.18. The van der Waals surface area contributed by atoms with Crippen LogP contribution in [-0.4, -0.2) is 21.1 Å². The van der Waals surface area contributed by atoms with Crippen molar-refractivity contribution < 1.29 is 17.9 Å². The predicted molar refractivity (Wildman–Crippen MR) is 92.7 cm³/mol. The Morgan fingerprint density at radius 3 is 2.25 bits per heavy atom. The van der Waals surface area contributed by atoms with Gasteiger partial charge in [0.2, 0.25) is 10.0 Å². The molecule has 0 fully saturated rings. The van der Waals surface area contributed by atoms with Gasteiger partial charge < -0.3 is 4.74 Å². The average molecular weight is 347 g/mol. The number of unbranched alkanes of at least 4 members (excludes halogenated alkanes) is 1. The van der Waals surface area contributed by atoms with Gasteiger partial charge in [-0.1, -0.05) is 55.8 Å². The van der Waals surface area contributed by atoms with Crippen molar-refractivity contribution in [2.75, 3.05) is 6.73 Å². The molecule has 2 aromatic rings. The Morgan fingerprint density at radius 1 is 1.00 bits per heavy atom. The second-order valence-electron chi connectivity index (χ2n) is 5.30. The number of benzene rings is 2. The lowest BCUT2D eigenvalue weighted by molar-refractivity contribution is -0.143. The molecular weight excluding hydrogens is 326 g/mol. The van der Waals surface area contributed by atoms with E-state index in [9.17, 15) is 13.2 Å². The van der Waals surface area contributed by atoms with E-state index in [4.69, 9.17) is 4.74 Å². The van der Waals surface area contributed by atoms with E-state index in [1.54, 1.807) is 12.1 Å². The number of hydrogen-bond acceptors (Lipinski definition) is 4. The number of esters is 1. The summed E-state index contributed by atoms with van der Waals surface area (Å²) in [7, 11) is -3.70. The lowest BCUT2D eigenvalue weighted by Gasteiger charge is -2.09. The molecule has 0 amide bonds. The van der Waals surface area contributed by atoms with E-state index in [1.165, 1.54) is 12.1 Å². The minimum Gasteiger partial charge on any atom is -0.449 e. The molecule has 1 N–H and O–H groups in total. The number of carbonyl (C=O) groups excluding carboxylic acids is 1. The molecule has 24 heavy (non-hydrogen) atoms. The maximum Gasteiger partial charge on any atom is 0.307 e. The highest BCUT2D eigenvalue weighted by atomic mass is 32.2. The van der Waals surface area contributed by atoms with Crippen LogP contribution in [0.1, 0.15) is 26.2 Å². The molecule has 128 valence electrons. The van der Waals surface area contributed by atoms with Crippen molar-refractivity contribution in [3.8, 4) is 11.1 Å². The molecule has 0 radical (unpaired) electrons. The molecule has 0 aromatic heterocycles. The highest BCUT2D eigenvalue weighted by molar-refractivity contribution is 7.89. The maximum absolute atomic E-state index is 12.2. The van der Waals surface area contributed by atoms with Crippen molar-refractivity contribution in [3.63, 3.8) is 0 Å². The van der Waals surface area contributed by atoms with Crippen LogP contribution in [0.4, 0.5) is 0 Å². The summed E-state index contributed by atoms with van der Waals surface area (Å²) in [5.74, 6) is -0.404. The zero-order valence-corrected chi connectivity index (χ0v) is 14.4.